The molecule has 190 valence electrons. The molecule has 6 rings (SSSR count). The van der Waals surface area contributed by atoms with E-state index in [1.54, 1.807) is 16.1 Å². The highest BCUT2D eigenvalue weighted by atomic mass is 32.2. The molecule has 0 saturated heterocycles. The maximum Gasteiger partial charge on any atom is 0.0378 e. The lowest BCUT2D eigenvalue weighted by atomic mass is 9.55. The van der Waals surface area contributed by atoms with Crippen LogP contribution in [0.3, 0.4) is 0 Å². The van der Waals surface area contributed by atoms with Crippen molar-refractivity contribution in [3.8, 4) is 0 Å². The lowest BCUT2D eigenvalue weighted by Crippen LogP contribution is -2.40. The van der Waals surface area contributed by atoms with Gasteiger partial charge in [-0.3, -0.25) is 0 Å². The van der Waals surface area contributed by atoms with Gasteiger partial charge in [0.15, 0.2) is 0 Å². The summed E-state index contributed by atoms with van der Waals surface area (Å²) in [6.07, 6.45) is 32.5. The fraction of sp³-hybridized carbons (Fsp3) is 0.529. The van der Waals surface area contributed by atoms with Crippen LogP contribution in [0.4, 0.5) is 0 Å². The van der Waals surface area contributed by atoms with Gasteiger partial charge < -0.3 is 0 Å². The molecule has 0 amide bonds. The molecular weight excluding hydrogens is 473 g/mol. The lowest BCUT2D eigenvalue weighted by Gasteiger charge is -2.51. The van der Waals surface area contributed by atoms with Crippen molar-refractivity contribution in [3.63, 3.8) is 0 Å². The van der Waals surface area contributed by atoms with Crippen LogP contribution >= 0.6 is 24.4 Å². The lowest BCUT2D eigenvalue weighted by molar-refractivity contribution is 0.0709. The third-order valence-corrected chi connectivity index (χ3v) is 12.2. The monoisotopic (exact) mass is 514 g/mol. The number of fused-ring (bicyclic) bond motifs is 2. The van der Waals surface area contributed by atoms with E-state index in [-0.39, 0.29) is 5.41 Å². The largest absolute Gasteiger partial charge is 0.143 e. The summed E-state index contributed by atoms with van der Waals surface area (Å²) in [5.41, 5.74) is 6.82. The predicted octanol–water partition coefficient (Wildman–Crippen LogP) is 9.93. The number of hydrogen-bond donors (Lipinski definition) is 1. The first-order chi connectivity index (χ1) is 17.3. The first-order valence-electron chi connectivity index (χ1n) is 14.2. The van der Waals surface area contributed by atoms with Crippen molar-refractivity contribution in [3.05, 3.63) is 92.9 Å². The van der Waals surface area contributed by atoms with E-state index >= 15 is 0 Å². The van der Waals surface area contributed by atoms with Crippen LogP contribution in [-0.2, 0) is 0 Å². The molecule has 0 spiro atoms. The van der Waals surface area contributed by atoms with Crippen molar-refractivity contribution in [2.45, 2.75) is 77.9 Å². The van der Waals surface area contributed by atoms with E-state index in [1.165, 1.54) is 41.7 Å². The summed E-state index contributed by atoms with van der Waals surface area (Å²) in [7, 11) is 0. The molecule has 6 aliphatic rings. The molecule has 5 aliphatic carbocycles. The minimum Gasteiger partial charge on any atom is -0.143 e. The van der Waals surface area contributed by atoms with Crippen LogP contribution in [-0.4, -0.2) is 5.25 Å². The zero-order valence-corrected chi connectivity index (χ0v) is 24.2. The molecule has 1 heterocycles. The van der Waals surface area contributed by atoms with Crippen LogP contribution in [0.5, 0.6) is 0 Å². The Morgan fingerprint density at radius 3 is 2.50 bits per heavy atom. The maximum absolute atomic E-state index is 5.22. The van der Waals surface area contributed by atoms with E-state index in [0.29, 0.717) is 34.3 Å². The molecule has 0 aromatic carbocycles. The zero-order chi connectivity index (χ0) is 25.1. The Morgan fingerprint density at radius 2 is 1.72 bits per heavy atom. The smallest absolute Gasteiger partial charge is 0.0378 e. The van der Waals surface area contributed by atoms with Crippen LogP contribution in [0.1, 0.15) is 72.6 Å². The van der Waals surface area contributed by atoms with E-state index in [0.717, 1.165) is 19.3 Å². The van der Waals surface area contributed by atoms with Gasteiger partial charge in [0.05, 0.1) is 0 Å². The quantitative estimate of drug-likeness (QED) is 0.366. The molecule has 0 aromatic heterocycles. The third-order valence-electron chi connectivity index (χ3n) is 10.2. The molecule has 0 aromatic rings. The Bertz CT molecular complexity index is 1170. The Labute approximate surface area is 229 Å². The standard InChI is InChI=1S/C34H42S2/c1-22-9-7-10-24(21-22)25-12-8-13-28(31(25)35)33(3)17-19-34(4,20-18-33)30-23(2)15-16-27-26-11-5-6-14-29(26)36-32(27)30/h5-7,9-11,13-16,22-23,26,29-30,35H,8,12,17-21H2,1-4H3. The molecule has 5 unspecified atom stereocenters. The first-order valence-corrected chi connectivity index (χ1v) is 15.6. The molecule has 1 aliphatic heterocycles. The van der Waals surface area contributed by atoms with Crippen molar-refractivity contribution in [1.82, 2.24) is 0 Å². The van der Waals surface area contributed by atoms with Gasteiger partial charge in [0, 0.05) is 22.0 Å². The molecule has 1 saturated carbocycles. The van der Waals surface area contributed by atoms with Crippen LogP contribution in [0.2, 0.25) is 0 Å². The number of rotatable bonds is 3. The van der Waals surface area contributed by atoms with Gasteiger partial charge in [-0.25, -0.2) is 0 Å². The predicted molar refractivity (Wildman–Crippen MR) is 161 cm³/mol. The Morgan fingerprint density at radius 1 is 0.944 bits per heavy atom. The van der Waals surface area contributed by atoms with Crippen molar-refractivity contribution >= 4 is 24.4 Å². The average molecular weight is 515 g/mol. The molecule has 36 heavy (non-hydrogen) atoms. The van der Waals surface area contributed by atoms with Gasteiger partial charge in [-0.2, -0.15) is 0 Å². The van der Waals surface area contributed by atoms with Gasteiger partial charge in [0.25, 0.3) is 0 Å². The van der Waals surface area contributed by atoms with Gasteiger partial charge in [0.2, 0.25) is 0 Å². The minimum absolute atomic E-state index is 0.242. The second-order valence-electron chi connectivity index (χ2n) is 12.9. The summed E-state index contributed by atoms with van der Waals surface area (Å²) >= 11 is 7.40. The van der Waals surface area contributed by atoms with Gasteiger partial charge in [-0.1, -0.05) is 88.5 Å². The normalized spacial score (nSPS) is 41.9. The highest BCUT2D eigenvalue weighted by molar-refractivity contribution is 8.04. The van der Waals surface area contributed by atoms with Gasteiger partial charge >= 0.3 is 0 Å². The number of thiol groups is 1. The van der Waals surface area contributed by atoms with Crippen molar-refractivity contribution in [1.29, 1.82) is 0 Å². The topological polar surface area (TPSA) is 0 Å². The fourth-order valence-electron chi connectivity index (χ4n) is 7.97. The van der Waals surface area contributed by atoms with Gasteiger partial charge in [-0.05, 0) is 94.8 Å². The molecule has 0 bridgehead atoms. The summed E-state index contributed by atoms with van der Waals surface area (Å²) in [5, 5.41) is 0.601. The van der Waals surface area contributed by atoms with Crippen LogP contribution in [0.15, 0.2) is 92.9 Å². The van der Waals surface area contributed by atoms with Crippen molar-refractivity contribution in [2.75, 3.05) is 0 Å². The van der Waals surface area contributed by atoms with Crippen molar-refractivity contribution in [2.24, 2.45) is 34.5 Å². The molecular formula is C34H42S2. The van der Waals surface area contributed by atoms with E-state index in [4.69, 9.17) is 12.6 Å². The maximum atomic E-state index is 5.22. The summed E-state index contributed by atoms with van der Waals surface area (Å²) in [6, 6.07) is 0. The molecule has 0 N–H and O–H groups in total. The Hall–Kier alpha value is -1.38. The number of allylic oxidation sites excluding steroid dienone is 14. The summed E-state index contributed by atoms with van der Waals surface area (Å²) < 4.78 is 0. The molecule has 5 atom stereocenters. The molecule has 0 nitrogen and oxygen atoms in total. The van der Waals surface area contributed by atoms with Crippen LogP contribution in [0.25, 0.3) is 0 Å². The van der Waals surface area contributed by atoms with E-state index in [1.807, 2.05) is 0 Å². The molecule has 2 heteroatoms. The average Bonchev–Trinajstić information content (AvgIpc) is 3.24. The first kappa shape index (κ1) is 24.9. The fourth-order valence-corrected chi connectivity index (χ4v) is 10.4. The molecule has 1 fully saturated rings. The summed E-state index contributed by atoms with van der Waals surface area (Å²) in [6.45, 7) is 9.96. The summed E-state index contributed by atoms with van der Waals surface area (Å²) in [4.78, 5) is 3.01. The summed E-state index contributed by atoms with van der Waals surface area (Å²) in [5.74, 6) is 2.48. The van der Waals surface area contributed by atoms with Gasteiger partial charge in [-0.15, -0.1) is 24.4 Å². The Balaban J connectivity index is 1.24. The second kappa shape index (κ2) is 9.42. The highest BCUT2D eigenvalue weighted by Gasteiger charge is 2.50. The molecule has 0 radical (unpaired) electrons. The van der Waals surface area contributed by atoms with Crippen LogP contribution < -0.4 is 0 Å². The minimum atomic E-state index is 0.242. The second-order valence-corrected chi connectivity index (χ2v) is 14.5. The van der Waals surface area contributed by atoms with Crippen LogP contribution in [0, 0.1) is 34.5 Å². The SMILES string of the molecule is CC1C=CC=C(C2=C(S)C(C3(C)CCC(C)(C4C5=C(C=CC4C)C4C=CC=CC4S5)CC3)=CCC2)C1. The van der Waals surface area contributed by atoms with Gasteiger partial charge in [0.1, 0.15) is 0 Å². The highest BCUT2D eigenvalue weighted by Crippen LogP contribution is 2.62. The zero-order valence-electron chi connectivity index (χ0n) is 22.5. The van der Waals surface area contributed by atoms with E-state index in [9.17, 15) is 0 Å². The van der Waals surface area contributed by atoms with E-state index < -0.39 is 0 Å². The van der Waals surface area contributed by atoms with E-state index in [2.05, 4.69) is 100 Å². The number of thioether (sulfide) groups is 1. The Kier molecular flexibility index (Phi) is 6.52. The van der Waals surface area contributed by atoms with Crippen molar-refractivity contribution < 1.29 is 0 Å². The third kappa shape index (κ3) is 4.15. The number of hydrogen-bond acceptors (Lipinski definition) is 2.